The lowest BCUT2D eigenvalue weighted by atomic mass is 10.0. The van der Waals surface area contributed by atoms with E-state index in [1.165, 1.54) is 30.0 Å². The Bertz CT molecular complexity index is 2140. The number of nitrogens with one attached hydrogen (secondary N) is 3. The van der Waals surface area contributed by atoms with E-state index in [9.17, 15) is 22.8 Å². The molecule has 7 rings (SSSR count). The molecule has 1 saturated carbocycles. The number of rotatable bonds is 9. The van der Waals surface area contributed by atoms with Crippen LogP contribution >= 0.6 is 0 Å². The molecule has 0 radical (unpaired) electrons. The van der Waals surface area contributed by atoms with Crippen LogP contribution in [-0.2, 0) is 28.7 Å². The lowest BCUT2D eigenvalue weighted by Crippen LogP contribution is -2.43. The number of aromatic nitrogens is 4. The number of halogens is 3. The summed E-state index contributed by atoms with van der Waals surface area (Å²) < 4.78 is 60.9. The molecule has 4 heterocycles. The topological polar surface area (TPSA) is 136 Å². The molecule has 2 atom stereocenters. The van der Waals surface area contributed by atoms with E-state index in [2.05, 4.69) is 25.7 Å². The van der Waals surface area contributed by atoms with Crippen LogP contribution in [-0.4, -0.2) is 62.9 Å². The fourth-order valence-corrected chi connectivity index (χ4v) is 6.88. The van der Waals surface area contributed by atoms with E-state index < -0.39 is 29.4 Å². The summed E-state index contributed by atoms with van der Waals surface area (Å²) in [5, 5.41) is 5.74. The van der Waals surface area contributed by atoms with E-state index in [1.54, 1.807) is 12.3 Å². The van der Waals surface area contributed by atoms with E-state index in [4.69, 9.17) is 14.2 Å². The SMILES string of the molecule is COC(=O)c1ccc2c(-c3nc(N[C@H]4CC[C@H](NN5CCc6c5c(OCc5ccccc5)cn6C(=O)OC(C)(C)C)C4)ncc3C(F)(F)F)c[nH]c2c1. The first-order valence-electron chi connectivity index (χ1n) is 17.4. The highest BCUT2D eigenvalue weighted by molar-refractivity contribution is 6.00. The number of esters is 1. The quantitative estimate of drug-likeness (QED) is 0.131. The van der Waals surface area contributed by atoms with Gasteiger partial charge >= 0.3 is 18.2 Å². The van der Waals surface area contributed by atoms with Crippen molar-refractivity contribution in [3.63, 3.8) is 0 Å². The van der Waals surface area contributed by atoms with E-state index in [0.717, 1.165) is 36.0 Å². The van der Waals surface area contributed by atoms with E-state index in [1.807, 2.05) is 56.1 Å². The van der Waals surface area contributed by atoms with Gasteiger partial charge in [-0.15, -0.1) is 0 Å². The van der Waals surface area contributed by atoms with Crippen molar-refractivity contribution >= 4 is 34.6 Å². The number of hydrazine groups is 1. The first-order chi connectivity index (χ1) is 25.3. The fourth-order valence-electron chi connectivity index (χ4n) is 6.88. The summed E-state index contributed by atoms with van der Waals surface area (Å²) in [6, 6.07) is 14.2. The number of benzene rings is 2. The van der Waals surface area contributed by atoms with Crippen molar-refractivity contribution in [1.82, 2.24) is 24.9 Å². The number of alkyl halides is 3. The van der Waals surface area contributed by atoms with Crippen LogP contribution in [0.2, 0.25) is 0 Å². The van der Waals surface area contributed by atoms with Gasteiger partial charge in [0.25, 0.3) is 0 Å². The van der Waals surface area contributed by atoms with Crippen molar-refractivity contribution in [3.8, 4) is 17.0 Å². The first kappa shape index (κ1) is 35.8. The Morgan fingerprint density at radius 3 is 2.57 bits per heavy atom. The molecule has 0 spiro atoms. The number of H-pyrrole nitrogens is 1. The van der Waals surface area contributed by atoms with Crippen LogP contribution in [0.25, 0.3) is 22.2 Å². The van der Waals surface area contributed by atoms with Crippen molar-refractivity contribution in [2.45, 2.75) is 76.9 Å². The molecule has 3 aromatic heterocycles. The number of methoxy groups -OCH3 is 1. The average molecular weight is 732 g/mol. The minimum Gasteiger partial charge on any atom is -0.485 e. The highest BCUT2D eigenvalue weighted by Crippen LogP contribution is 2.41. The van der Waals surface area contributed by atoms with E-state index in [-0.39, 0.29) is 34.9 Å². The maximum Gasteiger partial charge on any atom is 0.419 e. The molecule has 53 heavy (non-hydrogen) atoms. The minimum absolute atomic E-state index is 0.0110. The summed E-state index contributed by atoms with van der Waals surface area (Å²) in [7, 11) is 1.26. The molecule has 1 aliphatic heterocycles. The molecule has 2 aromatic carbocycles. The maximum atomic E-state index is 14.2. The lowest BCUT2D eigenvalue weighted by Gasteiger charge is -2.25. The number of aromatic amines is 1. The number of anilines is 2. The summed E-state index contributed by atoms with van der Waals surface area (Å²) in [4.78, 5) is 36.6. The van der Waals surface area contributed by atoms with Gasteiger partial charge in [-0.1, -0.05) is 36.4 Å². The van der Waals surface area contributed by atoms with Gasteiger partial charge in [0.15, 0.2) is 5.75 Å². The first-order valence-corrected chi connectivity index (χ1v) is 17.4. The second-order valence-corrected chi connectivity index (χ2v) is 14.2. The van der Waals surface area contributed by atoms with Crippen molar-refractivity contribution in [1.29, 1.82) is 0 Å². The van der Waals surface area contributed by atoms with E-state index in [0.29, 0.717) is 42.6 Å². The largest absolute Gasteiger partial charge is 0.485 e. The number of ether oxygens (including phenoxy) is 3. The third-order valence-corrected chi connectivity index (χ3v) is 9.27. The van der Waals surface area contributed by atoms with Crippen LogP contribution in [0.1, 0.15) is 67.2 Å². The van der Waals surface area contributed by atoms with Crippen LogP contribution in [0.5, 0.6) is 5.75 Å². The Labute approximate surface area is 303 Å². The zero-order valence-electron chi connectivity index (χ0n) is 29.7. The van der Waals surface area contributed by atoms with Gasteiger partial charge in [0, 0.05) is 53.9 Å². The average Bonchev–Trinajstić information content (AvgIpc) is 3.91. The third kappa shape index (κ3) is 7.65. The van der Waals surface area contributed by atoms with Crippen LogP contribution in [0.15, 0.2) is 67.1 Å². The zero-order chi connectivity index (χ0) is 37.5. The molecule has 278 valence electrons. The Morgan fingerprint density at radius 2 is 1.83 bits per heavy atom. The molecule has 0 unspecified atom stereocenters. The van der Waals surface area contributed by atoms with Crippen molar-refractivity contribution in [2.24, 2.45) is 0 Å². The van der Waals surface area contributed by atoms with Gasteiger partial charge in [-0.3, -0.25) is 4.57 Å². The summed E-state index contributed by atoms with van der Waals surface area (Å²) >= 11 is 0. The standard InChI is InChI=1S/C38H40F3N7O5/c1-37(2,3)53-36(50)47-20-31(52-21-22-8-6-5-7-9-22)33-30(47)14-15-48(33)46-25-12-11-24(17-25)44-35-43-19-28(38(39,40)41)32(45-35)27-18-42-29-16-23(34(49)51-4)10-13-26(27)29/h5-10,13,16,18-20,24-25,42,46H,11-12,14-15,17,21H2,1-4H3,(H,43,44,45)/t24-,25-/m0/s1. The van der Waals surface area contributed by atoms with Gasteiger partial charge in [0.2, 0.25) is 5.95 Å². The number of carbonyl (C=O) groups excluding carboxylic acids is 2. The Hall–Kier alpha value is -5.57. The summed E-state index contributed by atoms with van der Waals surface area (Å²) in [5.74, 6) is 0.0728. The van der Waals surface area contributed by atoms with Crippen LogP contribution < -0.4 is 20.5 Å². The summed E-state index contributed by atoms with van der Waals surface area (Å²) in [5.41, 5.74) is 5.19. The van der Waals surface area contributed by atoms with Gasteiger partial charge in [-0.05, 0) is 57.7 Å². The molecular formula is C38H40F3N7O5. The van der Waals surface area contributed by atoms with Crippen molar-refractivity contribution < 1.29 is 37.0 Å². The Kier molecular flexibility index (Phi) is 9.53. The highest BCUT2D eigenvalue weighted by Gasteiger charge is 2.38. The molecule has 1 aliphatic carbocycles. The van der Waals surface area contributed by atoms with Gasteiger partial charge in [0.05, 0.1) is 30.3 Å². The molecule has 15 heteroatoms. The van der Waals surface area contributed by atoms with Gasteiger partial charge in [-0.2, -0.15) is 13.2 Å². The smallest absolute Gasteiger partial charge is 0.419 e. The number of nitrogens with zero attached hydrogens (tertiary/aromatic N) is 4. The number of hydrogen-bond acceptors (Lipinski definition) is 10. The summed E-state index contributed by atoms with van der Waals surface area (Å²) in [6.45, 7) is 6.38. The maximum absolute atomic E-state index is 14.2. The molecule has 3 N–H and O–H groups in total. The van der Waals surface area contributed by atoms with Gasteiger partial charge < -0.3 is 29.5 Å². The summed E-state index contributed by atoms with van der Waals surface area (Å²) in [6.07, 6.45) is 1.46. The molecule has 2 aliphatic rings. The number of hydrogen-bond donors (Lipinski definition) is 3. The monoisotopic (exact) mass is 731 g/mol. The zero-order valence-corrected chi connectivity index (χ0v) is 29.7. The second kappa shape index (κ2) is 14.1. The number of fused-ring (bicyclic) bond motifs is 2. The predicted molar refractivity (Wildman–Crippen MR) is 192 cm³/mol. The predicted octanol–water partition coefficient (Wildman–Crippen LogP) is 7.49. The Morgan fingerprint density at radius 1 is 1.06 bits per heavy atom. The van der Waals surface area contributed by atoms with Gasteiger partial charge in [-0.25, -0.2) is 25.0 Å². The molecule has 1 fully saturated rings. The molecule has 12 nitrogen and oxygen atoms in total. The van der Waals surface area contributed by atoms with Crippen molar-refractivity contribution in [3.05, 3.63) is 89.5 Å². The molecule has 0 amide bonds. The fraction of sp³-hybridized carbons (Fsp3) is 0.368. The Balaban J connectivity index is 1.08. The third-order valence-electron chi connectivity index (χ3n) is 9.27. The molecular weight excluding hydrogens is 691 g/mol. The minimum atomic E-state index is -4.70. The van der Waals surface area contributed by atoms with Crippen LogP contribution in [0.4, 0.5) is 29.6 Å². The van der Waals surface area contributed by atoms with E-state index >= 15 is 0 Å². The molecule has 0 saturated heterocycles. The van der Waals surface area contributed by atoms with Crippen LogP contribution in [0, 0.1) is 0 Å². The molecule has 5 aromatic rings. The normalized spacial score (nSPS) is 17.2. The van der Waals surface area contributed by atoms with Crippen molar-refractivity contribution in [2.75, 3.05) is 24.0 Å². The highest BCUT2D eigenvalue weighted by atomic mass is 19.4. The molecule has 0 bridgehead atoms. The van der Waals surface area contributed by atoms with Gasteiger partial charge in [0.1, 0.15) is 23.5 Å². The second-order valence-electron chi connectivity index (χ2n) is 14.2. The van der Waals surface area contributed by atoms with Crippen LogP contribution in [0.3, 0.4) is 0 Å². The number of carbonyl (C=O) groups is 2. The lowest BCUT2D eigenvalue weighted by molar-refractivity contribution is -0.137.